The number of anilines is 1. The number of benzene rings is 2. The zero-order valence-corrected chi connectivity index (χ0v) is 11.2. The van der Waals surface area contributed by atoms with Crippen molar-refractivity contribution >= 4 is 11.6 Å². The molecule has 19 heavy (non-hydrogen) atoms. The number of carbonyl (C=O) groups is 1. The molecule has 0 radical (unpaired) electrons. The fraction of sp³-hybridized carbons (Fsp3) is 0.188. The Bertz CT molecular complexity index is 593. The topological polar surface area (TPSA) is 55.1 Å². The van der Waals surface area contributed by atoms with Crippen LogP contribution in [0.1, 0.15) is 34.5 Å². The van der Waals surface area contributed by atoms with E-state index in [4.69, 9.17) is 5.73 Å². The first-order valence-electron chi connectivity index (χ1n) is 6.30. The summed E-state index contributed by atoms with van der Waals surface area (Å²) in [6.07, 6.45) is 0. The molecule has 1 atom stereocenters. The summed E-state index contributed by atoms with van der Waals surface area (Å²) in [6.45, 7) is 4.19. The number of carbonyl (C=O) groups excluding carboxylic acids is 1. The second-order valence-corrected chi connectivity index (χ2v) is 4.67. The van der Waals surface area contributed by atoms with Crippen LogP contribution >= 0.6 is 0 Å². The number of hydrogen-bond acceptors (Lipinski definition) is 2. The van der Waals surface area contributed by atoms with Gasteiger partial charge in [0.25, 0.3) is 0 Å². The van der Waals surface area contributed by atoms with E-state index in [0.717, 1.165) is 5.69 Å². The zero-order valence-electron chi connectivity index (χ0n) is 11.2. The molecule has 0 aliphatic carbocycles. The molecule has 0 aliphatic heterocycles. The van der Waals surface area contributed by atoms with Crippen molar-refractivity contribution in [3.63, 3.8) is 0 Å². The van der Waals surface area contributed by atoms with Gasteiger partial charge in [0.1, 0.15) is 0 Å². The Hall–Kier alpha value is -2.29. The predicted octanol–water partition coefficient (Wildman–Crippen LogP) is 3.27. The van der Waals surface area contributed by atoms with Crippen molar-refractivity contribution < 1.29 is 4.79 Å². The summed E-state index contributed by atoms with van der Waals surface area (Å²) in [4.78, 5) is 11.2. The van der Waals surface area contributed by atoms with Gasteiger partial charge < -0.3 is 11.1 Å². The van der Waals surface area contributed by atoms with E-state index in [1.54, 1.807) is 12.1 Å². The van der Waals surface area contributed by atoms with Crippen molar-refractivity contribution in [2.24, 2.45) is 5.73 Å². The molecule has 3 heteroatoms. The van der Waals surface area contributed by atoms with E-state index < -0.39 is 5.91 Å². The maximum atomic E-state index is 11.2. The lowest BCUT2D eigenvalue weighted by Gasteiger charge is -2.18. The normalized spacial score (nSPS) is 11.9. The van der Waals surface area contributed by atoms with Crippen LogP contribution in [0.15, 0.2) is 48.5 Å². The first-order chi connectivity index (χ1) is 9.08. The SMILES string of the molecule is Cc1ccccc1C(C)Nc1cccc(C(N)=O)c1. The third-order valence-corrected chi connectivity index (χ3v) is 3.19. The van der Waals surface area contributed by atoms with Crippen LogP contribution < -0.4 is 11.1 Å². The van der Waals surface area contributed by atoms with Crippen LogP contribution in [0.5, 0.6) is 0 Å². The Morgan fingerprint density at radius 3 is 2.58 bits per heavy atom. The molecule has 0 heterocycles. The first-order valence-corrected chi connectivity index (χ1v) is 6.30. The quantitative estimate of drug-likeness (QED) is 0.879. The Labute approximate surface area is 113 Å². The lowest BCUT2D eigenvalue weighted by molar-refractivity contribution is 0.100. The number of aryl methyl sites for hydroxylation is 1. The summed E-state index contributed by atoms with van der Waals surface area (Å²) >= 11 is 0. The molecule has 0 fully saturated rings. The molecule has 2 aromatic rings. The van der Waals surface area contributed by atoms with Gasteiger partial charge in [0.15, 0.2) is 0 Å². The number of nitrogens with two attached hydrogens (primary N) is 1. The van der Waals surface area contributed by atoms with E-state index in [2.05, 4.69) is 31.3 Å². The third-order valence-electron chi connectivity index (χ3n) is 3.19. The average Bonchev–Trinajstić information content (AvgIpc) is 2.39. The van der Waals surface area contributed by atoms with Crippen LogP contribution in [0.3, 0.4) is 0 Å². The van der Waals surface area contributed by atoms with Crippen LogP contribution in [0, 0.1) is 6.92 Å². The Morgan fingerprint density at radius 1 is 1.16 bits per heavy atom. The number of rotatable bonds is 4. The molecule has 0 saturated heterocycles. The van der Waals surface area contributed by atoms with Crippen LogP contribution in [0.25, 0.3) is 0 Å². The minimum absolute atomic E-state index is 0.171. The van der Waals surface area contributed by atoms with E-state index in [1.807, 2.05) is 24.3 Å². The van der Waals surface area contributed by atoms with Crippen molar-refractivity contribution in [3.05, 3.63) is 65.2 Å². The monoisotopic (exact) mass is 254 g/mol. The van der Waals surface area contributed by atoms with Gasteiger partial charge >= 0.3 is 0 Å². The summed E-state index contributed by atoms with van der Waals surface area (Å²) in [5.41, 5.74) is 9.18. The fourth-order valence-corrected chi connectivity index (χ4v) is 2.16. The average molecular weight is 254 g/mol. The lowest BCUT2D eigenvalue weighted by Crippen LogP contribution is -2.12. The highest BCUT2D eigenvalue weighted by Gasteiger charge is 2.08. The number of amides is 1. The smallest absolute Gasteiger partial charge is 0.248 e. The van der Waals surface area contributed by atoms with Gasteiger partial charge in [-0.2, -0.15) is 0 Å². The summed E-state index contributed by atoms with van der Waals surface area (Å²) in [5.74, 6) is -0.410. The molecule has 98 valence electrons. The van der Waals surface area contributed by atoms with Gasteiger partial charge in [0, 0.05) is 17.3 Å². The maximum Gasteiger partial charge on any atom is 0.248 e. The van der Waals surface area contributed by atoms with E-state index in [0.29, 0.717) is 5.56 Å². The highest BCUT2D eigenvalue weighted by molar-refractivity contribution is 5.93. The van der Waals surface area contributed by atoms with Gasteiger partial charge in [0.2, 0.25) is 5.91 Å². The van der Waals surface area contributed by atoms with Crippen molar-refractivity contribution in [1.82, 2.24) is 0 Å². The van der Waals surface area contributed by atoms with Gasteiger partial charge in [-0.25, -0.2) is 0 Å². The van der Waals surface area contributed by atoms with Crippen LogP contribution in [-0.2, 0) is 0 Å². The molecule has 0 aromatic heterocycles. The van der Waals surface area contributed by atoms with Gasteiger partial charge in [-0.15, -0.1) is 0 Å². The molecule has 3 N–H and O–H groups in total. The molecular weight excluding hydrogens is 236 g/mol. The minimum Gasteiger partial charge on any atom is -0.378 e. The van der Waals surface area contributed by atoms with Crippen molar-refractivity contribution in [2.45, 2.75) is 19.9 Å². The highest BCUT2D eigenvalue weighted by Crippen LogP contribution is 2.22. The van der Waals surface area contributed by atoms with Gasteiger partial charge in [-0.05, 0) is 43.2 Å². The molecule has 2 aromatic carbocycles. The second kappa shape index (κ2) is 5.57. The standard InChI is InChI=1S/C16H18N2O/c1-11-6-3-4-9-15(11)12(2)18-14-8-5-7-13(10-14)16(17)19/h3-10,12,18H,1-2H3,(H2,17,19). The molecule has 0 bridgehead atoms. The molecule has 1 amide bonds. The van der Waals surface area contributed by atoms with Gasteiger partial charge in [-0.3, -0.25) is 4.79 Å². The molecule has 0 saturated carbocycles. The maximum absolute atomic E-state index is 11.2. The summed E-state index contributed by atoms with van der Waals surface area (Å²) in [6, 6.07) is 15.7. The molecule has 2 rings (SSSR count). The predicted molar refractivity (Wildman–Crippen MR) is 78.2 cm³/mol. The molecule has 3 nitrogen and oxygen atoms in total. The van der Waals surface area contributed by atoms with E-state index in [1.165, 1.54) is 11.1 Å². The van der Waals surface area contributed by atoms with Crippen LogP contribution in [-0.4, -0.2) is 5.91 Å². The first kappa shape index (κ1) is 13.1. The summed E-state index contributed by atoms with van der Waals surface area (Å²) < 4.78 is 0. The third kappa shape index (κ3) is 3.13. The van der Waals surface area contributed by atoms with E-state index in [9.17, 15) is 4.79 Å². The molecule has 1 unspecified atom stereocenters. The van der Waals surface area contributed by atoms with E-state index in [-0.39, 0.29) is 6.04 Å². The van der Waals surface area contributed by atoms with Crippen molar-refractivity contribution in [3.8, 4) is 0 Å². The minimum atomic E-state index is -0.410. The Kier molecular flexibility index (Phi) is 3.85. The van der Waals surface area contributed by atoms with Crippen molar-refractivity contribution in [1.29, 1.82) is 0 Å². The number of hydrogen-bond donors (Lipinski definition) is 2. The van der Waals surface area contributed by atoms with Crippen LogP contribution in [0.4, 0.5) is 5.69 Å². The second-order valence-electron chi connectivity index (χ2n) is 4.67. The van der Waals surface area contributed by atoms with E-state index >= 15 is 0 Å². The Balaban J connectivity index is 2.19. The number of primary amides is 1. The van der Waals surface area contributed by atoms with Crippen molar-refractivity contribution in [2.75, 3.05) is 5.32 Å². The summed E-state index contributed by atoms with van der Waals surface area (Å²) in [7, 11) is 0. The largest absolute Gasteiger partial charge is 0.378 e. The fourth-order valence-electron chi connectivity index (χ4n) is 2.16. The number of nitrogens with one attached hydrogen (secondary N) is 1. The molecule has 0 aliphatic rings. The van der Waals surface area contributed by atoms with Gasteiger partial charge in [0.05, 0.1) is 0 Å². The van der Waals surface area contributed by atoms with Crippen LogP contribution in [0.2, 0.25) is 0 Å². The van der Waals surface area contributed by atoms with Gasteiger partial charge in [-0.1, -0.05) is 30.3 Å². The molecular formula is C16H18N2O. The molecule has 0 spiro atoms. The zero-order chi connectivity index (χ0) is 13.8. The lowest BCUT2D eigenvalue weighted by atomic mass is 10.0. The highest BCUT2D eigenvalue weighted by atomic mass is 16.1. The Morgan fingerprint density at radius 2 is 1.89 bits per heavy atom. The summed E-state index contributed by atoms with van der Waals surface area (Å²) in [5, 5.41) is 3.39.